The standard InChI is InChI=1S/C10H19NO/c11-10(5-1-2-6-10)8-12-7-9-3-4-9/h9H,1-8,11H2. The molecule has 0 radical (unpaired) electrons. The molecule has 0 spiro atoms. The molecule has 0 aliphatic heterocycles. The molecule has 2 N–H and O–H groups in total. The summed E-state index contributed by atoms with van der Waals surface area (Å²) >= 11 is 0. The van der Waals surface area contributed by atoms with Crippen molar-refractivity contribution in [1.82, 2.24) is 0 Å². The van der Waals surface area contributed by atoms with Gasteiger partial charge in [0, 0.05) is 12.1 Å². The molecule has 0 aromatic rings. The molecule has 0 aromatic carbocycles. The predicted octanol–water partition coefficient (Wildman–Crippen LogP) is 1.68. The highest BCUT2D eigenvalue weighted by Crippen LogP contribution is 2.31. The Kier molecular flexibility index (Phi) is 2.37. The van der Waals surface area contributed by atoms with Crippen LogP contribution >= 0.6 is 0 Å². The highest BCUT2D eigenvalue weighted by molar-refractivity contribution is 4.89. The second kappa shape index (κ2) is 3.35. The van der Waals surface area contributed by atoms with Gasteiger partial charge in [0.2, 0.25) is 0 Å². The van der Waals surface area contributed by atoms with Crippen molar-refractivity contribution in [2.75, 3.05) is 13.2 Å². The van der Waals surface area contributed by atoms with Gasteiger partial charge in [-0.05, 0) is 31.6 Å². The maximum Gasteiger partial charge on any atom is 0.0646 e. The summed E-state index contributed by atoms with van der Waals surface area (Å²) in [5.74, 6) is 0.870. The first-order valence-electron chi connectivity index (χ1n) is 5.15. The van der Waals surface area contributed by atoms with Gasteiger partial charge >= 0.3 is 0 Å². The second-order valence-electron chi connectivity index (χ2n) is 4.53. The van der Waals surface area contributed by atoms with Crippen molar-refractivity contribution in [1.29, 1.82) is 0 Å². The Morgan fingerprint density at radius 3 is 2.50 bits per heavy atom. The van der Waals surface area contributed by atoms with Crippen molar-refractivity contribution in [2.45, 2.75) is 44.1 Å². The molecule has 2 rings (SSSR count). The van der Waals surface area contributed by atoms with Gasteiger partial charge in [-0.3, -0.25) is 0 Å². The first-order valence-corrected chi connectivity index (χ1v) is 5.15. The zero-order chi connectivity index (χ0) is 8.44. The van der Waals surface area contributed by atoms with Gasteiger partial charge in [-0.2, -0.15) is 0 Å². The minimum absolute atomic E-state index is 0.0366. The maximum atomic E-state index is 6.14. The Labute approximate surface area is 74.5 Å². The van der Waals surface area contributed by atoms with E-state index in [2.05, 4.69) is 0 Å². The molecule has 0 bridgehead atoms. The molecule has 0 atom stereocenters. The summed E-state index contributed by atoms with van der Waals surface area (Å²) in [6, 6.07) is 0. The largest absolute Gasteiger partial charge is 0.379 e. The average molecular weight is 169 g/mol. The minimum Gasteiger partial charge on any atom is -0.379 e. The van der Waals surface area contributed by atoms with Gasteiger partial charge in [0.05, 0.1) is 6.61 Å². The van der Waals surface area contributed by atoms with Crippen molar-refractivity contribution in [2.24, 2.45) is 11.7 Å². The second-order valence-corrected chi connectivity index (χ2v) is 4.53. The van der Waals surface area contributed by atoms with Gasteiger partial charge < -0.3 is 10.5 Å². The summed E-state index contributed by atoms with van der Waals surface area (Å²) in [5, 5.41) is 0. The Morgan fingerprint density at radius 1 is 1.25 bits per heavy atom. The smallest absolute Gasteiger partial charge is 0.0646 e. The molecule has 2 saturated carbocycles. The summed E-state index contributed by atoms with van der Waals surface area (Å²) in [6.07, 6.45) is 7.66. The summed E-state index contributed by atoms with van der Waals surface area (Å²) in [5.41, 5.74) is 6.18. The fraction of sp³-hybridized carbons (Fsp3) is 1.00. The van der Waals surface area contributed by atoms with Crippen LogP contribution < -0.4 is 5.73 Å². The van der Waals surface area contributed by atoms with Gasteiger partial charge in [-0.25, -0.2) is 0 Å². The third-order valence-electron chi connectivity index (χ3n) is 3.04. The summed E-state index contributed by atoms with van der Waals surface area (Å²) < 4.78 is 5.62. The van der Waals surface area contributed by atoms with Crippen LogP contribution in [0.1, 0.15) is 38.5 Å². The van der Waals surface area contributed by atoms with Gasteiger partial charge in [-0.1, -0.05) is 12.8 Å². The van der Waals surface area contributed by atoms with Crippen molar-refractivity contribution in [3.8, 4) is 0 Å². The minimum atomic E-state index is 0.0366. The lowest BCUT2D eigenvalue weighted by molar-refractivity contribution is 0.0794. The third-order valence-corrected chi connectivity index (χ3v) is 3.04. The predicted molar refractivity (Wildman–Crippen MR) is 48.9 cm³/mol. The molecule has 0 amide bonds. The van der Waals surface area contributed by atoms with Gasteiger partial charge in [0.15, 0.2) is 0 Å². The number of rotatable bonds is 4. The Morgan fingerprint density at radius 2 is 1.92 bits per heavy atom. The molecular weight excluding hydrogens is 150 g/mol. The van der Waals surface area contributed by atoms with Gasteiger partial charge in [-0.15, -0.1) is 0 Å². The maximum absolute atomic E-state index is 6.14. The van der Waals surface area contributed by atoms with Crippen molar-refractivity contribution in [3.05, 3.63) is 0 Å². The van der Waals surface area contributed by atoms with E-state index < -0.39 is 0 Å². The number of ether oxygens (including phenoxy) is 1. The Bertz CT molecular complexity index is 148. The van der Waals surface area contributed by atoms with Crippen LogP contribution in [-0.2, 0) is 4.74 Å². The molecule has 2 nitrogen and oxygen atoms in total. The molecule has 0 aromatic heterocycles. The van der Waals surface area contributed by atoms with E-state index in [4.69, 9.17) is 10.5 Å². The summed E-state index contributed by atoms with van der Waals surface area (Å²) in [6.45, 7) is 1.75. The van der Waals surface area contributed by atoms with Crippen LogP contribution in [0.25, 0.3) is 0 Å². The van der Waals surface area contributed by atoms with Crippen LogP contribution in [0.15, 0.2) is 0 Å². The Hall–Kier alpha value is -0.0800. The van der Waals surface area contributed by atoms with E-state index in [9.17, 15) is 0 Å². The molecule has 0 unspecified atom stereocenters. The van der Waals surface area contributed by atoms with Gasteiger partial charge in [0.25, 0.3) is 0 Å². The van der Waals surface area contributed by atoms with E-state index >= 15 is 0 Å². The molecular formula is C10H19NO. The van der Waals surface area contributed by atoms with Crippen LogP contribution in [0.4, 0.5) is 0 Å². The molecule has 70 valence electrons. The molecule has 12 heavy (non-hydrogen) atoms. The fourth-order valence-electron chi connectivity index (χ4n) is 1.94. The Balaban J connectivity index is 1.63. The highest BCUT2D eigenvalue weighted by atomic mass is 16.5. The topological polar surface area (TPSA) is 35.2 Å². The lowest BCUT2D eigenvalue weighted by Crippen LogP contribution is -2.41. The molecule has 0 saturated heterocycles. The normalized spacial score (nSPS) is 27.8. The van der Waals surface area contributed by atoms with Gasteiger partial charge in [0.1, 0.15) is 0 Å². The van der Waals surface area contributed by atoms with E-state index in [1.807, 2.05) is 0 Å². The van der Waals surface area contributed by atoms with Crippen molar-refractivity contribution >= 4 is 0 Å². The number of hydrogen-bond acceptors (Lipinski definition) is 2. The first-order chi connectivity index (χ1) is 5.79. The monoisotopic (exact) mass is 169 g/mol. The number of nitrogens with two attached hydrogens (primary N) is 1. The van der Waals surface area contributed by atoms with Crippen molar-refractivity contribution in [3.63, 3.8) is 0 Å². The van der Waals surface area contributed by atoms with Crippen LogP contribution in [0.5, 0.6) is 0 Å². The quantitative estimate of drug-likeness (QED) is 0.695. The van der Waals surface area contributed by atoms with E-state index in [1.165, 1.54) is 25.7 Å². The molecule has 2 aliphatic rings. The highest BCUT2D eigenvalue weighted by Gasteiger charge is 2.30. The van der Waals surface area contributed by atoms with Crippen molar-refractivity contribution < 1.29 is 4.74 Å². The zero-order valence-corrected chi connectivity index (χ0v) is 7.72. The van der Waals surface area contributed by atoms with Crippen LogP contribution in [0.2, 0.25) is 0 Å². The average Bonchev–Trinajstić information content (AvgIpc) is 2.75. The van der Waals surface area contributed by atoms with E-state index in [0.29, 0.717) is 0 Å². The van der Waals surface area contributed by atoms with Crippen LogP contribution in [0.3, 0.4) is 0 Å². The summed E-state index contributed by atoms with van der Waals surface area (Å²) in [4.78, 5) is 0. The van der Waals surface area contributed by atoms with E-state index in [0.717, 1.165) is 32.0 Å². The summed E-state index contributed by atoms with van der Waals surface area (Å²) in [7, 11) is 0. The fourth-order valence-corrected chi connectivity index (χ4v) is 1.94. The lowest BCUT2D eigenvalue weighted by atomic mass is 10.0. The molecule has 2 fully saturated rings. The van der Waals surface area contributed by atoms with Crippen LogP contribution in [-0.4, -0.2) is 18.8 Å². The molecule has 2 aliphatic carbocycles. The SMILES string of the molecule is NC1(COCC2CC2)CCCC1. The van der Waals surface area contributed by atoms with Crippen LogP contribution in [0, 0.1) is 5.92 Å². The molecule has 2 heteroatoms. The first kappa shape index (κ1) is 8.52. The lowest BCUT2D eigenvalue weighted by Gasteiger charge is -2.22. The zero-order valence-electron chi connectivity index (χ0n) is 7.72. The third kappa shape index (κ3) is 2.20. The van der Waals surface area contributed by atoms with E-state index in [-0.39, 0.29) is 5.54 Å². The van der Waals surface area contributed by atoms with E-state index in [1.54, 1.807) is 0 Å². The number of hydrogen-bond donors (Lipinski definition) is 1. The molecule has 0 heterocycles.